The molecule has 10 heteroatoms. The Morgan fingerprint density at radius 1 is 1.05 bits per heavy atom. The van der Waals surface area contributed by atoms with Gasteiger partial charge < -0.3 is 18.8 Å². The number of piperidine rings is 1. The molecule has 6 aromatic rings. The quantitative estimate of drug-likeness (QED) is 0.253. The van der Waals surface area contributed by atoms with Gasteiger partial charge in [0.1, 0.15) is 23.2 Å². The summed E-state index contributed by atoms with van der Waals surface area (Å²) in [7, 11) is 3.70. The summed E-state index contributed by atoms with van der Waals surface area (Å²) in [5.41, 5.74) is 6.94. The first kappa shape index (κ1) is 25.7. The predicted octanol–water partition coefficient (Wildman–Crippen LogP) is 5.59. The second-order valence-corrected chi connectivity index (χ2v) is 13.0. The molecule has 3 atom stereocenters. The smallest absolute Gasteiger partial charge is 0.254 e. The highest BCUT2D eigenvalue weighted by Crippen LogP contribution is 2.44. The van der Waals surface area contributed by atoms with E-state index in [9.17, 15) is 4.79 Å². The van der Waals surface area contributed by atoms with Crippen molar-refractivity contribution in [3.63, 3.8) is 0 Å². The molecule has 1 amide bonds. The van der Waals surface area contributed by atoms with Gasteiger partial charge in [-0.15, -0.1) is 10.2 Å². The number of amides is 1. The van der Waals surface area contributed by atoms with Crippen molar-refractivity contribution in [2.24, 2.45) is 24.8 Å². The third-order valence-corrected chi connectivity index (χ3v) is 10.4. The van der Waals surface area contributed by atoms with Crippen molar-refractivity contribution in [2.45, 2.75) is 45.2 Å². The van der Waals surface area contributed by atoms with Crippen molar-refractivity contribution in [1.29, 1.82) is 0 Å². The fraction of sp³-hybridized carbons (Fsp3) is 0.382. The van der Waals surface area contributed by atoms with Crippen LogP contribution in [0.15, 0.2) is 55.0 Å². The van der Waals surface area contributed by atoms with Gasteiger partial charge in [0.25, 0.3) is 5.91 Å². The maximum absolute atomic E-state index is 13.8. The molecule has 1 saturated heterocycles. The van der Waals surface area contributed by atoms with Crippen molar-refractivity contribution < 1.29 is 9.53 Å². The Morgan fingerprint density at radius 3 is 2.70 bits per heavy atom. The lowest BCUT2D eigenvalue weighted by Crippen LogP contribution is -2.38. The zero-order valence-corrected chi connectivity index (χ0v) is 25.1. The summed E-state index contributed by atoms with van der Waals surface area (Å²) in [6.45, 7) is 4.03. The maximum atomic E-state index is 13.8. The number of likely N-dealkylation sites (tertiary alicyclic amines) is 1. The van der Waals surface area contributed by atoms with Gasteiger partial charge in [-0.25, -0.2) is 9.97 Å². The number of pyridine rings is 2. The molecule has 10 nitrogen and oxygen atoms in total. The van der Waals surface area contributed by atoms with Crippen LogP contribution in [0.1, 0.15) is 43.0 Å². The van der Waals surface area contributed by atoms with E-state index in [0.717, 1.165) is 70.0 Å². The van der Waals surface area contributed by atoms with Crippen LogP contribution in [-0.4, -0.2) is 64.2 Å². The van der Waals surface area contributed by atoms with E-state index in [1.807, 2.05) is 41.9 Å². The molecule has 0 N–H and O–H groups in total. The minimum atomic E-state index is 0.0837. The Balaban J connectivity index is 1.16. The van der Waals surface area contributed by atoms with Gasteiger partial charge in [0.2, 0.25) is 0 Å². The van der Waals surface area contributed by atoms with E-state index in [4.69, 9.17) is 14.7 Å². The van der Waals surface area contributed by atoms with Gasteiger partial charge in [-0.3, -0.25) is 9.20 Å². The largest absolute Gasteiger partial charge is 0.494 e. The van der Waals surface area contributed by atoms with E-state index in [-0.39, 0.29) is 5.91 Å². The summed E-state index contributed by atoms with van der Waals surface area (Å²) >= 11 is 0. The lowest BCUT2D eigenvalue weighted by molar-refractivity contribution is 0.0696. The fourth-order valence-electron chi connectivity index (χ4n) is 7.72. The van der Waals surface area contributed by atoms with E-state index in [2.05, 4.69) is 49.4 Å². The minimum Gasteiger partial charge on any atom is -0.494 e. The van der Waals surface area contributed by atoms with Gasteiger partial charge in [-0.1, -0.05) is 6.92 Å². The summed E-state index contributed by atoms with van der Waals surface area (Å²) in [6.07, 6.45) is 8.43. The Kier molecular flexibility index (Phi) is 5.49. The van der Waals surface area contributed by atoms with Crippen LogP contribution in [0.25, 0.3) is 50.5 Å². The van der Waals surface area contributed by atoms with Crippen LogP contribution in [-0.2, 0) is 13.6 Å². The molecule has 2 unspecified atom stereocenters. The second kappa shape index (κ2) is 9.38. The van der Waals surface area contributed by atoms with Crippen LogP contribution in [0.2, 0.25) is 0 Å². The normalized spacial score (nSPS) is 21.3. The fourth-order valence-corrected chi connectivity index (χ4v) is 7.72. The lowest BCUT2D eigenvalue weighted by atomic mass is 10.0. The van der Waals surface area contributed by atoms with E-state index < -0.39 is 0 Å². The van der Waals surface area contributed by atoms with Crippen molar-refractivity contribution in [1.82, 2.24) is 38.6 Å². The van der Waals surface area contributed by atoms with E-state index in [1.54, 1.807) is 13.4 Å². The summed E-state index contributed by atoms with van der Waals surface area (Å²) in [6, 6.07) is 14.6. The average molecular weight is 587 g/mol. The van der Waals surface area contributed by atoms with Crippen molar-refractivity contribution in [3.8, 4) is 28.5 Å². The lowest BCUT2D eigenvalue weighted by Gasteiger charge is -2.27. The summed E-state index contributed by atoms with van der Waals surface area (Å²) in [5.74, 6) is 3.40. The number of aromatic nitrogens is 7. The zero-order chi connectivity index (χ0) is 29.7. The van der Waals surface area contributed by atoms with Gasteiger partial charge >= 0.3 is 0 Å². The Morgan fingerprint density at radius 2 is 1.93 bits per heavy atom. The molecule has 3 fully saturated rings. The first-order valence-corrected chi connectivity index (χ1v) is 15.6. The first-order chi connectivity index (χ1) is 21.5. The van der Waals surface area contributed by atoms with Crippen molar-refractivity contribution >= 4 is 33.6 Å². The van der Waals surface area contributed by atoms with E-state index >= 15 is 0 Å². The molecule has 0 spiro atoms. The molecule has 2 bridgehead atoms. The summed E-state index contributed by atoms with van der Waals surface area (Å²) in [5, 5.41) is 9.29. The third kappa shape index (κ3) is 3.82. The molecule has 9 rings (SSSR count). The zero-order valence-electron chi connectivity index (χ0n) is 25.1. The number of hydrogen-bond acceptors (Lipinski definition) is 6. The number of benzene rings is 1. The summed E-state index contributed by atoms with van der Waals surface area (Å²) in [4.78, 5) is 26.2. The third-order valence-electron chi connectivity index (χ3n) is 10.4. The van der Waals surface area contributed by atoms with E-state index in [1.165, 1.54) is 19.3 Å². The van der Waals surface area contributed by atoms with Gasteiger partial charge in [0.15, 0.2) is 11.5 Å². The number of methoxy groups -OCH3 is 1. The summed E-state index contributed by atoms with van der Waals surface area (Å²) < 4.78 is 12.2. The van der Waals surface area contributed by atoms with Crippen LogP contribution in [0, 0.1) is 17.8 Å². The number of carbonyl (C=O) groups is 1. The highest BCUT2D eigenvalue weighted by atomic mass is 16.5. The van der Waals surface area contributed by atoms with Crippen LogP contribution in [0.5, 0.6) is 5.75 Å². The molecule has 5 aromatic heterocycles. The molecular formula is C34H34N8O2. The Labute approximate surface area is 254 Å². The van der Waals surface area contributed by atoms with Gasteiger partial charge in [-0.05, 0) is 85.9 Å². The van der Waals surface area contributed by atoms with Crippen LogP contribution >= 0.6 is 0 Å². The molecule has 2 saturated carbocycles. The molecule has 44 heavy (non-hydrogen) atoms. The molecular weight excluding hydrogens is 552 g/mol. The minimum absolute atomic E-state index is 0.0837. The average Bonchev–Trinajstić information content (AvgIpc) is 3.34. The molecule has 2 aliphatic carbocycles. The first-order valence-electron chi connectivity index (χ1n) is 15.6. The number of ether oxygens (including phenoxy) is 1. The van der Waals surface area contributed by atoms with E-state index in [0.29, 0.717) is 35.1 Å². The highest BCUT2D eigenvalue weighted by molar-refractivity contribution is 6.00. The van der Waals surface area contributed by atoms with Crippen LogP contribution in [0.3, 0.4) is 0 Å². The molecule has 6 heterocycles. The molecule has 3 aliphatic rings. The number of fused-ring (bicyclic) bond motifs is 5. The standard InChI is InChI=1S/C34H34N8O2/c1-19-23-7-9-27(19)42(17-23)34(43)24-12-26-31(29(14-24)44-3)39(2)33(37-26)28-13-22-6-8-25(36-32(22)41(28)16-20-4-5-20)21-10-11-40-18-35-38-30(40)15-21/h6,8,10-15,18-20,23,27H,4-5,7,9,16-17H2,1-3H3/t19-,23?,27?/m1/s1. The monoisotopic (exact) mass is 586 g/mol. The van der Waals surface area contributed by atoms with Gasteiger partial charge in [-0.2, -0.15) is 0 Å². The SMILES string of the molecule is COc1cc(C(=O)N2CC3CCC2[C@@H]3C)cc2nc(-c3cc4ccc(-c5ccn6cnnc6c5)nc4n3CC3CC3)n(C)c12. The second-order valence-electron chi connectivity index (χ2n) is 13.0. The number of carbonyl (C=O) groups excluding carboxylic acids is 1. The van der Waals surface area contributed by atoms with Gasteiger partial charge in [0, 0.05) is 48.9 Å². The number of imidazole rings is 1. The highest BCUT2D eigenvalue weighted by Gasteiger charge is 2.46. The topological polar surface area (TPSA) is 95.4 Å². The number of hydrogen-bond donors (Lipinski definition) is 0. The number of rotatable bonds is 6. The molecule has 0 radical (unpaired) electrons. The Bertz CT molecular complexity index is 2120. The molecule has 1 aromatic carbocycles. The number of aryl methyl sites for hydroxylation is 1. The Hall–Kier alpha value is -4.73. The van der Waals surface area contributed by atoms with Crippen LogP contribution < -0.4 is 4.74 Å². The molecule has 1 aliphatic heterocycles. The predicted molar refractivity (Wildman–Crippen MR) is 167 cm³/mol. The molecule has 222 valence electrons. The van der Waals surface area contributed by atoms with Crippen molar-refractivity contribution in [2.75, 3.05) is 13.7 Å². The number of nitrogens with zero attached hydrogens (tertiary/aromatic N) is 8. The van der Waals surface area contributed by atoms with Gasteiger partial charge in [0.05, 0.1) is 24.0 Å². The maximum Gasteiger partial charge on any atom is 0.254 e. The van der Waals surface area contributed by atoms with Crippen LogP contribution in [0.4, 0.5) is 0 Å². The van der Waals surface area contributed by atoms with Crippen molar-refractivity contribution in [3.05, 3.63) is 60.6 Å².